The van der Waals surface area contributed by atoms with Crippen LogP contribution in [0.25, 0.3) is 33.3 Å². The zero-order chi connectivity index (χ0) is 19.3. The highest BCUT2D eigenvalue weighted by molar-refractivity contribution is 5.85. The maximum Gasteiger partial charge on any atom is 0.280 e. The first kappa shape index (κ1) is 16.8. The number of nitrogen functional groups attached to an aromatic ring is 1. The molecule has 1 unspecified atom stereocenters. The largest absolute Gasteiger partial charge is 0.489 e. The first-order valence-electron chi connectivity index (χ1n) is 9.34. The second-order valence-electron chi connectivity index (χ2n) is 7.35. The summed E-state index contributed by atoms with van der Waals surface area (Å²) in [6.07, 6.45) is 1.23. The number of H-pyrrole nitrogens is 1. The summed E-state index contributed by atoms with van der Waals surface area (Å²) in [5.41, 5.74) is 2.45. The smallest absolute Gasteiger partial charge is 0.280 e. The van der Waals surface area contributed by atoms with Crippen LogP contribution in [0.4, 0.5) is 0 Å². The third-order valence-corrected chi connectivity index (χ3v) is 5.30. The van der Waals surface area contributed by atoms with Crippen LogP contribution in [-0.4, -0.2) is 45.8 Å². The predicted molar refractivity (Wildman–Crippen MR) is 110 cm³/mol. The Labute approximate surface area is 161 Å². The molecule has 0 spiro atoms. The molecular weight excluding hydrogens is 354 g/mol. The SMILES string of the molecule is CN1CCC(Oc2ccc3nc(-c4cc5ccccc5n(N)c4=O)[nH]c3c2)C1. The number of hydrogen-bond acceptors (Lipinski definition) is 5. The van der Waals surface area contributed by atoms with E-state index in [4.69, 9.17) is 10.6 Å². The molecule has 4 aromatic rings. The van der Waals surface area contributed by atoms with Crippen LogP contribution in [0.5, 0.6) is 5.75 Å². The average Bonchev–Trinajstić information content (AvgIpc) is 3.30. The summed E-state index contributed by atoms with van der Waals surface area (Å²) in [7, 11) is 2.10. The van der Waals surface area contributed by atoms with Crippen molar-refractivity contribution < 1.29 is 4.74 Å². The standard InChI is InChI=1S/C21H21N5O2/c1-25-9-8-15(12-25)28-14-6-7-17-18(11-14)24-20(23-17)16-10-13-4-2-3-5-19(13)26(22)21(16)27/h2-7,10-11,15H,8-9,12,22H2,1H3,(H,23,24). The first-order chi connectivity index (χ1) is 13.6. The third-order valence-electron chi connectivity index (χ3n) is 5.30. The van der Waals surface area contributed by atoms with Crippen molar-refractivity contribution in [1.82, 2.24) is 19.5 Å². The Hall–Kier alpha value is -3.32. The molecule has 0 saturated carbocycles. The number of benzene rings is 2. The van der Waals surface area contributed by atoms with Gasteiger partial charge in [0.25, 0.3) is 5.56 Å². The molecule has 0 radical (unpaired) electrons. The zero-order valence-electron chi connectivity index (χ0n) is 15.6. The van der Waals surface area contributed by atoms with E-state index in [9.17, 15) is 4.79 Å². The van der Waals surface area contributed by atoms with Crippen LogP contribution in [0.15, 0.2) is 53.3 Å². The van der Waals surface area contributed by atoms with Gasteiger partial charge in [-0.2, -0.15) is 0 Å². The van der Waals surface area contributed by atoms with Crippen LogP contribution in [-0.2, 0) is 0 Å². The molecule has 7 heteroatoms. The van der Waals surface area contributed by atoms with Gasteiger partial charge in [-0.3, -0.25) is 4.79 Å². The number of nitrogens with one attached hydrogen (secondary N) is 1. The van der Waals surface area contributed by atoms with Gasteiger partial charge in [0, 0.05) is 24.5 Å². The second kappa shape index (κ2) is 6.38. The van der Waals surface area contributed by atoms with Crippen molar-refractivity contribution in [2.45, 2.75) is 12.5 Å². The highest BCUT2D eigenvalue weighted by Crippen LogP contribution is 2.25. The van der Waals surface area contributed by atoms with Gasteiger partial charge in [-0.05, 0) is 37.7 Å². The number of ether oxygens (including phenoxy) is 1. The molecule has 2 aromatic carbocycles. The molecule has 2 aromatic heterocycles. The number of para-hydroxylation sites is 1. The van der Waals surface area contributed by atoms with E-state index in [0.29, 0.717) is 16.9 Å². The number of pyridine rings is 1. The molecule has 0 bridgehead atoms. The van der Waals surface area contributed by atoms with Crippen molar-refractivity contribution in [1.29, 1.82) is 0 Å². The molecule has 0 aliphatic carbocycles. The van der Waals surface area contributed by atoms with E-state index in [0.717, 1.165) is 41.7 Å². The number of imidazole rings is 1. The Kier molecular flexibility index (Phi) is 3.84. The van der Waals surface area contributed by atoms with Gasteiger partial charge >= 0.3 is 0 Å². The van der Waals surface area contributed by atoms with Gasteiger partial charge in [0.15, 0.2) is 0 Å². The normalized spacial score (nSPS) is 17.5. The van der Waals surface area contributed by atoms with E-state index >= 15 is 0 Å². The monoisotopic (exact) mass is 375 g/mol. The molecule has 142 valence electrons. The van der Waals surface area contributed by atoms with Crippen LogP contribution in [0.2, 0.25) is 0 Å². The molecule has 1 atom stereocenters. The Morgan fingerprint density at radius 3 is 2.89 bits per heavy atom. The number of aromatic amines is 1. The van der Waals surface area contributed by atoms with Crippen molar-refractivity contribution in [3.63, 3.8) is 0 Å². The van der Waals surface area contributed by atoms with Gasteiger partial charge in [-0.15, -0.1) is 0 Å². The maximum absolute atomic E-state index is 12.7. The molecule has 7 nitrogen and oxygen atoms in total. The highest BCUT2D eigenvalue weighted by atomic mass is 16.5. The second-order valence-corrected chi connectivity index (χ2v) is 7.35. The molecular formula is C21H21N5O2. The minimum absolute atomic E-state index is 0.203. The quantitative estimate of drug-likeness (QED) is 0.537. The number of likely N-dealkylation sites (N-methyl/N-ethyl adjacent to an activating group) is 1. The molecule has 0 amide bonds. The molecule has 5 rings (SSSR count). The number of rotatable bonds is 3. The lowest BCUT2D eigenvalue weighted by Crippen LogP contribution is -2.28. The summed E-state index contributed by atoms with van der Waals surface area (Å²) in [4.78, 5) is 22.8. The van der Waals surface area contributed by atoms with E-state index in [1.807, 2.05) is 48.5 Å². The third kappa shape index (κ3) is 2.80. The summed E-state index contributed by atoms with van der Waals surface area (Å²) in [5.74, 6) is 7.32. The Morgan fingerprint density at radius 2 is 2.07 bits per heavy atom. The zero-order valence-corrected chi connectivity index (χ0v) is 15.6. The number of nitrogens with zero attached hydrogens (tertiary/aromatic N) is 3. The number of fused-ring (bicyclic) bond motifs is 2. The molecule has 3 heterocycles. The molecule has 3 N–H and O–H groups in total. The summed E-state index contributed by atoms with van der Waals surface area (Å²) < 4.78 is 7.26. The van der Waals surface area contributed by atoms with E-state index in [1.54, 1.807) is 0 Å². The van der Waals surface area contributed by atoms with Crippen LogP contribution < -0.4 is 16.1 Å². The van der Waals surface area contributed by atoms with Crippen molar-refractivity contribution >= 4 is 21.9 Å². The van der Waals surface area contributed by atoms with Gasteiger partial charge in [-0.1, -0.05) is 18.2 Å². The summed E-state index contributed by atoms with van der Waals surface area (Å²) in [6, 6.07) is 15.1. The summed E-state index contributed by atoms with van der Waals surface area (Å²) in [6.45, 7) is 1.98. The fourth-order valence-electron chi connectivity index (χ4n) is 3.83. The topological polar surface area (TPSA) is 89.2 Å². The van der Waals surface area contributed by atoms with Crippen molar-refractivity contribution in [3.05, 3.63) is 58.9 Å². The van der Waals surface area contributed by atoms with Crippen LogP contribution >= 0.6 is 0 Å². The molecule has 1 saturated heterocycles. The van der Waals surface area contributed by atoms with Gasteiger partial charge < -0.3 is 20.5 Å². The van der Waals surface area contributed by atoms with E-state index in [1.165, 1.54) is 4.68 Å². The summed E-state index contributed by atoms with van der Waals surface area (Å²) >= 11 is 0. The number of nitrogens with two attached hydrogens (primary N) is 1. The molecule has 1 fully saturated rings. The van der Waals surface area contributed by atoms with Gasteiger partial charge in [0.05, 0.1) is 22.1 Å². The van der Waals surface area contributed by atoms with Crippen LogP contribution in [0, 0.1) is 0 Å². The van der Waals surface area contributed by atoms with Crippen LogP contribution in [0.1, 0.15) is 6.42 Å². The number of hydrogen-bond donors (Lipinski definition) is 2. The molecule has 28 heavy (non-hydrogen) atoms. The van der Waals surface area contributed by atoms with Crippen LogP contribution in [0.3, 0.4) is 0 Å². The maximum atomic E-state index is 12.7. The Balaban J connectivity index is 1.54. The van der Waals surface area contributed by atoms with Crippen molar-refractivity contribution in [2.24, 2.45) is 0 Å². The van der Waals surface area contributed by atoms with Crippen molar-refractivity contribution in [3.8, 4) is 17.1 Å². The van der Waals surface area contributed by atoms with E-state index in [2.05, 4.69) is 21.9 Å². The highest BCUT2D eigenvalue weighted by Gasteiger charge is 2.21. The number of aromatic nitrogens is 3. The van der Waals surface area contributed by atoms with E-state index in [-0.39, 0.29) is 11.7 Å². The lowest BCUT2D eigenvalue weighted by atomic mass is 10.1. The minimum atomic E-state index is -0.289. The van der Waals surface area contributed by atoms with Gasteiger partial charge in [-0.25, -0.2) is 9.66 Å². The minimum Gasteiger partial charge on any atom is -0.489 e. The lowest BCUT2D eigenvalue weighted by molar-refractivity contribution is 0.208. The first-order valence-corrected chi connectivity index (χ1v) is 9.34. The fraction of sp³-hybridized carbons (Fsp3) is 0.238. The van der Waals surface area contributed by atoms with E-state index < -0.39 is 0 Å². The summed E-state index contributed by atoms with van der Waals surface area (Å²) in [5, 5.41) is 0.884. The molecule has 1 aliphatic rings. The number of likely N-dealkylation sites (tertiary alicyclic amines) is 1. The van der Waals surface area contributed by atoms with Gasteiger partial charge in [0.1, 0.15) is 17.7 Å². The Morgan fingerprint density at radius 1 is 1.21 bits per heavy atom. The van der Waals surface area contributed by atoms with Crippen molar-refractivity contribution in [2.75, 3.05) is 26.0 Å². The molecule has 1 aliphatic heterocycles. The predicted octanol–water partition coefficient (Wildman–Crippen LogP) is 2.34. The fourth-order valence-corrected chi connectivity index (χ4v) is 3.83. The average molecular weight is 375 g/mol. The lowest BCUT2D eigenvalue weighted by Gasteiger charge is -2.13. The Bertz CT molecular complexity index is 1240. The van der Waals surface area contributed by atoms with Gasteiger partial charge in [0.2, 0.25) is 0 Å².